The van der Waals surface area contributed by atoms with Crippen LogP contribution in [0.3, 0.4) is 0 Å². The highest BCUT2D eigenvalue weighted by molar-refractivity contribution is 6.34. The monoisotopic (exact) mass is 248 g/mol. The molecule has 0 atom stereocenters. The Labute approximate surface area is 97.3 Å². The Balaban J connectivity index is 3.15. The molecule has 4 nitrogen and oxygen atoms in total. The maximum Gasteiger partial charge on any atom is 0.308 e. The van der Waals surface area contributed by atoms with E-state index in [1.807, 2.05) is 13.8 Å². The molecule has 0 spiro atoms. The Kier molecular flexibility index (Phi) is 3.88. The van der Waals surface area contributed by atoms with Crippen molar-refractivity contribution in [3.05, 3.63) is 21.7 Å². The van der Waals surface area contributed by atoms with E-state index in [4.69, 9.17) is 28.3 Å². The van der Waals surface area contributed by atoms with Gasteiger partial charge in [-0.3, -0.25) is 4.79 Å². The van der Waals surface area contributed by atoms with Crippen LogP contribution in [-0.2, 0) is 11.2 Å². The summed E-state index contributed by atoms with van der Waals surface area (Å²) in [6.45, 7) is 3.80. The van der Waals surface area contributed by atoms with E-state index in [0.29, 0.717) is 5.82 Å². The molecule has 0 unspecified atom stereocenters. The number of nitrogens with zero attached hydrogens (tertiary/aromatic N) is 2. The normalized spacial score (nSPS) is 10.7. The van der Waals surface area contributed by atoms with Gasteiger partial charge < -0.3 is 5.11 Å². The molecule has 0 aliphatic heterocycles. The number of carbonyl (C=O) groups is 1. The Morgan fingerprint density at radius 1 is 1.33 bits per heavy atom. The zero-order chi connectivity index (χ0) is 11.6. The van der Waals surface area contributed by atoms with E-state index >= 15 is 0 Å². The lowest BCUT2D eigenvalue weighted by atomic mass is 10.2. The van der Waals surface area contributed by atoms with Crippen molar-refractivity contribution in [2.45, 2.75) is 26.2 Å². The number of hydrogen-bond acceptors (Lipinski definition) is 3. The van der Waals surface area contributed by atoms with Gasteiger partial charge in [0.2, 0.25) is 0 Å². The van der Waals surface area contributed by atoms with Crippen molar-refractivity contribution in [3.8, 4) is 0 Å². The summed E-state index contributed by atoms with van der Waals surface area (Å²) in [5.74, 6) is -0.405. The maximum atomic E-state index is 10.5. The zero-order valence-corrected chi connectivity index (χ0v) is 9.80. The Morgan fingerprint density at radius 2 is 1.80 bits per heavy atom. The molecule has 1 N–H and O–H groups in total. The van der Waals surface area contributed by atoms with Gasteiger partial charge in [0.05, 0.1) is 6.42 Å². The number of carboxylic acids is 1. The first-order valence-electron chi connectivity index (χ1n) is 4.35. The second kappa shape index (κ2) is 4.77. The van der Waals surface area contributed by atoms with Gasteiger partial charge in [0, 0.05) is 11.5 Å². The minimum Gasteiger partial charge on any atom is -0.481 e. The van der Waals surface area contributed by atoms with E-state index in [2.05, 4.69) is 9.97 Å². The first-order chi connectivity index (χ1) is 6.91. The van der Waals surface area contributed by atoms with Crippen LogP contribution in [0.5, 0.6) is 0 Å². The third-order valence-corrected chi connectivity index (χ3v) is 2.39. The van der Waals surface area contributed by atoms with Gasteiger partial charge in [0.15, 0.2) is 0 Å². The molecule has 0 saturated heterocycles. The summed E-state index contributed by atoms with van der Waals surface area (Å²) in [6.07, 6.45) is -0.268. The smallest absolute Gasteiger partial charge is 0.308 e. The molecule has 0 aliphatic carbocycles. The van der Waals surface area contributed by atoms with Gasteiger partial charge in [-0.1, -0.05) is 37.0 Å². The molecular formula is C9H10Cl2N2O2. The van der Waals surface area contributed by atoms with E-state index in [1.54, 1.807) is 0 Å². The molecule has 82 valence electrons. The van der Waals surface area contributed by atoms with Crippen LogP contribution in [0.15, 0.2) is 0 Å². The number of hydrogen-bond donors (Lipinski definition) is 1. The predicted molar refractivity (Wildman–Crippen MR) is 57.5 cm³/mol. The van der Waals surface area contributed by atoms with Crippen LogP contribution >= 0.6 is 23.2 Å². The van der Waals surface area contributed by atoms with Crippen LogP contribution in [0, 0.1) is 0 Å². The van der Waals surface area contributed by atoms with E-state index < -0.39 is 5.97 Å². The van der Waals surface area contributed by atoms with Gasteiger partial charge in [0.1, 0.15) is 16.1 Å². The summed E-state index contributed by atoms with van der Waals surface area (Å²) in [7, 11) is 0. The first-order valence-corrected chi connectivity index (χ1v) is 5.11. The van der Waals surface area contributed by atoms with Crippen LogP contribution in [0.2, 0.25) is 10.3 Å². The third-order valence-electron chi connectivity index (χ3n) is 1.77. The highest BCUT2D eigenvalue weighted by Gasteiger charge is 2.15. The van der Waals surface area contributed by atoms with E-state index in [9.17, 15) is 4.79 Å². The number of rotatable bonds is 3. The van der Waals surface area contributed by atoms with Gasteiger partial charge in [-0.2, -0.15) is 0 Å². The fourth-order valence-electron chi connectivity index (χ4n) is 1.00. The fourth-order valence-corrected chi connectivity index (χ4v) is 1.54. The van der Waals surface area contributed by atoms with Crippen LogP contribution in [0.4, 0.5) is 0 Å². The average molecular weight is 249 g/mol. The predicted octanol–water partition coefficient (Wildman–Crippen LogP) is 2.53. The van der Waals surface area contributed by atoms with E-state index in [0.717, 1.165) is 0 Å². The van der Waals surface area contributed by atoms with Crippen molar-refractivity contribution < 1.29 is 9.90 Å². The molecule has 1 rings (SSSR count). The molecule has 0 saturated carbocycles. The number of halogens is 2. The van der Waals surface area contributed by atoms with Gasteiger partial charge in [-0.25, -0.2) is 9.97 Å². The van der Waals surface area contributed by atoms with Gasteiger partial charge >= 0.3 is 5.97 Å². The van der Waals surface area contributed by atoms with Gasteiger partial charge in [-0.15, -0.1) is 0 Å². The minimum atomic E-state index is -1.01. The maximum absolute atomic E-state index is 10.5. The van der Waals surface area contributed by atoms with Crippen molar-refractivity contribution in [2.75, 3.05) is 0 Å². The second-order valence-electron chi connectivity index (χ2n) is 3.37. The standard InChI is InChI=1S/C9H10Cl2N2O2/c1-4(2)9-12-7(10)5(3-6(14)15)8(11)13-9/h4H,3H2,1-2H3,(H,14,15). The van der Waals surface area contributed by atoms with Crippen LogP contribution in [0.25, 0.3) is 0 Å². The third kappa shape index (κ3) is 3.04. The van der Waals surface area contributed by atoms with Crippen molar-refractivity contribution >= 4 is 29.2 Å². The summed E-state index contributed by atoms with van der Waals surface area (Å²) in [6, 6.07) is 0. The molecule has 1 aromatic rings. The van der Waals surface area contributed by atoms with Crippen LogP contribution in [0.1, 0.15) is 31.2 Å². The largest absolute Gasteiger partial charge is 0.481 e. The summed E-state index contributed by atoms with van der Waals surface area (Å²) in [5.41, 5.74) is 0.259. The van der Waals surface area contributed by atoms with E-state index in [-0.39, 0.29) is 28.2 Å². The lowest BCUT2D eigenvalue weighted by molar-refractivity contribution is -0.136. The van der Waals surface area contributed by atoms with Crippen molar-refractivity contribution in [1.82, 2.24) is 9.97 Å². The topological polar surface area (TPSA) is 63.1 Å². The van der Waals surface area contributed by atoms with Gasteiger partial charge in [-0.05, 0) is 0 Å². The van der Waals surface area contributed by atoms with Crippen LogP contribution < -0.4 is 0 Å². The zero-order valence-electron chi connectivity index (χ0n) is 8.29. The van der Waals surface area contributed by atoms with Gasteiger partial charge in [0.25, 0.3) is 0 Å². The Morgan fingerprint density at radius 3 is 2.13 bits per heavy atom. The van der Waals surface area contributed by atoms with Crippen LogP contribution in [-0.4, -0.2) is 21.0 Å². The number of aliphatic carboxylic acids is 1. The molecule has 15 heavy (non-hydrogen) atoms. The summed E-state index contributed by atoms with van der Waals surface area (Å²) < 4.78 is 0. The van der Waals surface area contributed by atoms with E-state index in [1.165, 1.54) is 0 Å². The highest BCUT2D eigenvalue weighted by atomic mass is 35.5. The summed E-state index contributed by atoms with van der Waals surface area (Å²) >= 11 is 11.6. The number of carboxylic acid groups (broad SMARTS) is 1. The lowest BCUT2D eigenvalue weighted by Crippen LogP contribution is -2.07. The van der Waals surface area contributed by atoms with Crippen molar-refractivity contribution in [2.24, 2.45) is 0 Å². The molecule has 0 aromatic carbocycles. The molecule has 0 bridgehead atoms. The minimum absolute atomic E-state index is 0.0962. The SMILES string of the molecule is CC(C)c1nc(Cl)c(CC(=O)O)c(Cl)n1. The molecule has 1 aromatic heterocycles. The second-order valence-corrected chi connectivity index (χ2v) is 4.08. The molecule has 0 radical (unpaired) electrons. The Bertz CT molecular complexity index is 371. The fraction of sp³-hybridized carbons (Fsp3) is 0.444. The Hall–Kier alpha value is -0.870. The van der Waals surface area contributed by atoms with Crippen molar-refractivity contribution in [3.63, 3.8) is 0 Å². The molecule has 0 amide bonds. The van der Waals surface area contributed by atoms with Crippen molar-refractivity contribution in [1.29, 1.82) is 0 Å². The quantitative estimate of drug-likeness (QED) is 0.836. The number of aromatic nitrogens is 2. The highest BCUT2D eigenvalue weighted by Crippen LogP contribution is 2.24. The molecule has 0 fully saturated rings. The summed E-state index contributed by atoms with van der Waals surface area (Å²) in [4.78, 5) is 18.5. The summed E-state index contributed by atoms with van der Waals surface area (Å²) in [5, 5.41) is 8.85. The molecule has 0 aliphatic rings. The lowest BCUT2D eigenvalue weighted by Gasteiger charge is -2.08. The first kappa shape index (κ1) is 12.2. The average Bonchev–Trinajstić information content (AvgIpc) is 2.10. The molecule has 1 heterocycles. The molecular weight excluding hydrogens is 239 g/mol. The molecule has 6 heteroatoms.